The average molecular weight is 278 g/mol. The normalized spacial score (nSPS) is 21.6. The van der Waals surface area contributed by atoms with Crippen LogP contribution in [-0.4, -0.2) is 50.4 Å². The highest BCUT2D eigenvalue weighted by atomic mass is 16.5. The maximum Gasteiger partial charge on any atom is 0.122 e. The van der Waals surface area contributed by atoms with Gasteiger partial charge >= 0.3 is 0 Å². The van der Waals surface area contributed by atoms with E-state index in [1.54, 1.807) is 0 Å². The van der Waals surface area contributed by atoms with Crippen molar-refractivity contribution in [3.8, 4) is 5.75 Å². The number of rotatable bonds is 6. The molecule has 0 aromatic heterocycles. The lowest BCUT2D eigenvalue weighted by Gasteiger charge is -2.30. The number of likely N-dealkylation sites (N-methyl/N-ethyl adjacent to an activating group) is 1. The van der Waals surface area contributed by atoms with Crippen LogP contribution in [0.5, 0.6) is 5.75 Å². The maximum atomic E-state index is 6.04. The van der Waals surface area contributed by atoms with Gasteiger partial charge in [-0.1, -0.05) is 25.1 Å². The van der Waals surface area contributed by atoms with Gasteiger partial charge in [-0.2, -0.15) is 0 Å². The fourth-order valence-electron chi connectivity index (χ4n) is 2.39. The Hall–Kier alpha value is -1.10. The molecular weight excluding hydrogens is 252 g/mol. The van der Waals surface area contributed by atoms with Crippen LogP contribution in [0.4, 0.5) is 0 Å². The summed E-state index contributed by atoms with van der Waals surface area (Å²) >= 11 is 0. The predicted molar refractivity (Wildman–Crippen MR) is 81.1 cm³/mol. The number of nitrogens with zero attached hydrogens (tertiary/aromatic N) is 1. The number of para-hydroxylation sites is 1. The summed E-state index contributed by atoms with van der Waals surface area (Å²) in [6.07, 6.45) is 1.99. The van der Waals surface area contributed by atoms with Crippen molar-refractivity contribution < 1.29 is 9.47 Å². The third kappa shape index (κ3) is 4.47. The molecule has 0 saturated carbocycles. The smallest absolute Gasteiger partial charge is 0.122 e. The molecule has 1 aromatic rings. The number of nitrogens with two attached hydrogens (primary N) is 1. The first-order valence-electron chi connectivity index (χ1n) is 7.45. The van der Waals surface area contributed by atoms with Gasteiger partial charge in [0.2, 0.25) is 0 Å². The van der Waals surface area contributed by atoms with Crippen LogP contribution >= 0.6 is 0 Å². The molecule has 1 aliphatic heterocycles. The van der Waals surface area contributed by atoms with E-state index in [0.717, 1.165) is 38.3 Å². The quantitative estimate of drug-likeness (QED) is 0.860. The molecule has 2 atom stereocenters. The Labute approximate surface area is 121 Å². The zero-order chi connectivity index (χ0) is 14.4. The highest BCUT2D eigenvalue weighted by Gasteiger charge is 2.18. The van der Waals surface area contributed by atoms with Crippen LogP contribution < -0.4 is 10.5 Å². The van der Waals surface area contributed by atoms with Crippen LogP contribution in [0.3, 0.4) is 0 Å². The van der Waals surface area contributed by atoms with E-state index in [2.05, 4.69) is 24.9 Å². The van der Waals surface area contributed by atoms with E-state index < -0.39 is 0 Å². The van der Waals surface area contributed by atoms with Crippen molar-refractivity contribution in [2.75, 3.05) is 33.4 Å². The van der Waals surface area contributed by atoms with Crippen molar-refractivity contribution in [3.63, 3.8) is 0 Å². The first-order chi connectivity index (χ1) is 9.69. The molecule has 112 valence electrons. The SMILES string of the molecule is CCC(N)Cc1ccccc1OCC1CN(C)CCO1. The molecule has 4 nitrogen and oxygen atoms in total. The molecule has 1 heterocycles. The summed E-state index contributed by atoms with van der Waals surface area (Å²) in [7, 11) is 2.11. The molecule has 0 bridgehead atoms. The van der Waals surface area contributed by atoms with Gasteiger partial charge in [-0.15, -0.1) is 0 Å². The number of morpholine rings is 1. The van der Waals surface area contributed by atoms with Crippen molar-refractivity contribution in [1.82, 2.24) is 4.90 Å². The lowest BCUT2D eigenvalue weighted by Crippen LogP contribution is -2.42. The first kappa shape index (κ1) is 15.3. The largest absolute Gasteiger partial charge is 0.491 e. The molecule has 2 unspecified atom stereocenters. The van der Waals surface area contributed by atoms with Crippen molar-refractivity contribution in [1.29, 1.82) is 0 Å². The van der Waals surface area contributed by atoms with Crippen LogP contribution in [0.15, 0.2) is 24.3 Å². The minimum Gasteiger partial charge on any atom is -0.491 e. The van der Waals surface area contributed by atoms with Gasteiger partial charge in [-0.05, 0) is 31.5 Å². The lowest BCUT2D eigenvalue weighted by molar-refractivity contribution is -0.0404. The summed E-state index contributed by atoms with van der Waals surface area (Å²) in [6.45, 7) is 5.42. The number of hydrogen-bond donors (Lipinski definition) is 1. The van der Waals surface area contributed by atoms with E-state index in [1.807, 2.05) is 18.2 Å². The van der Waals surface area contributed by atoms with Crippen LogP contribution in [0.2, 0.25) is 0 Å². The van der Waals surface area contributed by atoms with Gasteiger partial charge in [0.15, 0.2) is 0 Å². The molecule has 2 rings (SSSR count). The van der Waals surface area contributed by atoms with Gasteiger partial charge in [0.25, 0.3) is 0 Å². The molecule has 20 heavy (non-hydrogen) atoms. The molecule has 0 radical (unpaired) electrons. The molecule has 2 N–H and O–H groups in total. The van der Waals surface area contributed by atoms with E-state index in [-0.39, 0.29) is 12.1 Å². The molecule has 1 aromatic carbocycles. The van der Waals surface area contributed by atoms with Crippen LogP contribution in [0, 0.1) is 0 Å². The highest BCUT2D eigenvalue weighted by Crippen LogP contribution is 2.20. The maximum absolute atomic E-state index is 6.04. The Balaban J connectivity index is 1.91. The molecule has 4 heteroatoms. The molecule has 1 aliphatic rings. The van der Waals surface area contributed by atoms with Crippen molar-refractivity contribution in [3.05, 3.63) is 29.8 Å². The monoisotopic (exact) mass is 278 g/mol. The summed E-state index contributed by atoms with van der Waals surface area (Å²) in [5.41, 5.74) is 7.23. The summed E-state index contributed by atoms with van der Waals surface area (Å²) in [5, 5.41) is 0. The lowest BCUT2D eigenvalue weighted by atomic mass is 10.0. The Kier molecular flexibility index (Phi) is 5.83. The van der Waals surface area contributed by atoms with Gasteiger partial charge in [-0.25, -0.2) is 0 Å². The van der Waals surface area contributed by atoms with E-state index in [0.29, 0.717) is 6.61 Å². The number of hydrogen-bond acceptors (Lipinski definition) is 4. The van der Waals surface area contributed by atoms with Gasteiger partial charge < -0.3 is 20.1 Å². The second-order valence-electron chi connectivity index (χ2n) is 5.55. The fourth-order valence-corrected chi connectivity index (χ4v) is 2.39. The Morgan fingerprint density at radius 3 is 3.00 bits per heavy atom. The Bertz CT molecular complexity index is 411. The van der Waals surface area contributed by atoms with Crippen molar-refractivity contribution >= 4 is 0 Å². The van der Waals surface area contributed by atoms with Crippen molar-refractivity contribution in [2.24, 2.45) is 5.73 Å². The molecule has 0 aliphatic carbocycles. The molecule has 0 spiro atoms. The fraction of sp³-hybridized carbons (Fsp3) is 0.625. The summed E-state index contributed by atoms with van der Waals surface area (Å²) in [5.74, 6) is 0.938. The van der Waals surface area contributed by atoms with Gasteiger partial charge in [0.1, 0.15) is 18.5 Å². The topological polar surface area (TPSA) is 47.7 Å². The zero-order valence-electron chi connectivity index (χ0n) is 12.5. The van der Waals surface area contributed by atoms with Gasteiger partial charge in [0, 0.05) is 19.1 Å². The van der Waals surface area contributed by atoms with Crippen LogP contribution in [0.25, 0.3) is 0 Å². The number of ether oxygens (including phenoxy) is 2. The molecule has 1 saturated heterocycles. The van der Waals surface area contributed by atoms with Gasteiger partial charge in [0.05, 0.1) is 6.61 Å². The minimum absolute atomic E-state index is 0.154. The Morgan fingerprint density at radius 2 is 2.25 bits per heavy atom. The molecular formula is C16H26N2O2. The van der Waals surface area contributed by atoms with Gasteiger partial charge in [-0.3, -0.25) is 0 Å². The minimum atomic E-state index is 0.154. The van der Waals surface area contributed by atoms with E-state index in [9.17, 15) is 0 Å². The Morgan fingerprint density at radius 1 is 1.45 bits per heavy atom. The van der Waals surface area contributed by atoms with Crippen molar-refractivity contribution in [2.45, 2.75) is 31.9 Å². The first-order valence-corrected chi connectivity index (χ1v) is 7.45. The average Bonchev–Trinajstić information content (AvgIpc) is 2.46. The molecule has 1 fully saturated rings. The predicted octanol–water partition coefficient (Wildman–Crippen LogP) is 1.68. The second kappa shape index (κ2) is 7.62. The number of benzene rings is 1. The summed E-state index contributed by atoms with van der Waals surface area (Å²) in [4.78, 5) is 2.27. The zero-order valence-corrected chi connectivity index (χ0v) is 12.5. The summed E-state index contributed by atoms with van der Waals surface area (Å²) in [6, 6.07) is 8.35. The third-order valence-corrected chi connectivity index (χ3v) is 3.75. The van der Waals surface area contributed by atoms with Crippen LogP contribution in [-0.2, 0) is 11.2 Å². The van der Waals surface area contributed by atoms with E-state index in [1.165, 1.54) is 5.56 Å². The second-order valence-corrected chi connectivity index (χ2v) is 5.55. The van der Waals surface area contributed by atoms with E-state index in [4.69, 9.17) is 15.2 Å². The third-order valence-electron chi connectivity index (χ3n) is 3.75. The summed E-state index contributed by atoms with van der Waals surface area (Å²) < 4.78 is 11.7. The highest BCUT2D eigenvalue weighted by molar-refractivity contribution is 5.34. The molecule has 0 amide bonds. The standard InChI is InChI=1S/C16H26N2O2/c1-3-14(17)10-13-6-4-5-7-16(13)20-12-15-11-18(2)8-9-19-15/h4-7,14-15H,3,8-12,17H2,1-2H3. The van der Waals surface area contributed by atoms with E-state index >= 15 is 0 Å². The van der Waals surface area contributed by atoms with Crippen LogP contribution in [0.1, 0.15) is 18.9 Å².